The summed E-state index contributed by atoms with van der Waals surface area (Å²) in [6.07, 6.45) is 4.68. The molecule has 1 aliphatic carbocycles. The molecule has 0 aromatic carbocycles. The van der Waals surface area contributed by atoms with Crippen molar-refractivity contribution >= 4 is 6.09 Å². The second kappa shape index (κ2) is 8.02. The molecule has 1 aliphatic rings. The first-order valence-electron chi connectivity index (χ1n) is 8.36. The summed E-state index contributed by atoms with van der Waals surface area (Å²) in [4.78, 5) is 13.5. The van der Waals surface area contributed by atoms with Gasteiger partial charge in [-0.3, -0.25) is 0 Å². The molecule has 0 aromatic heterocycles. The molecular formula is C17H34N2O2. The molecule has 0 aromatic rings. The van der Waals surface area contributed by atoms with Gasteiger partial charge in [0.15, 0.2) is 0 Å². The van der Waals surface area contributed by atoms with Crippen LogP contribution in [0.3, 0.4) is 0 Å². The molecule has 1 amide bonds. The second-order valence-corrected chi connectivity index (χ2v) is 7.71. The fourth-order valence-electron chi connectivity index (χ4n) is 3.00. The van der Waals surface area contributed by atoms with Gasteiger partial charge in [-0.25, -0.2) is 4.79 Å². The number of rotatable bonds is 5. The van der Waals surface area contributed by atoms with Crippen molar-refractivity contribution in [2.24, 2.45) is 11.8 Å². The highest BCUT2D eigenvalue weighted by Gasteiger charge is 2.24. The van der Waals surface area contributed by atoms with Gasteiger partial charge in [-0.2, -0.15) is 0 Å². The Morgan fingerprint density at radius 1 is 1.29 bits per heavy atom. The average molecular weight is 298 g/mol. The normalized spacial score (nSPS) is 26.5. The Kier molecular flexibility index (Phi) is 6.98. The molecule has 4 heteroatoms. The van der Waals surface area contributed by atoms with Crippen molar-refractivity contribution in [1.82, 2.24) is 10.2 Å². The van der Waals surface area contributed by atoms with Crippen LogP contribution in [0.1, 0.15) is 60.3 Å². The summed E-state index contributed by atoms with van der Waals surface area (Å²) >= 11 is 0. The van der Waals surface area contributed by atoms with Gasteiger partial charge in [-0.1, -0.05) is 13.8 Å². The topological polar surface area (TPSA) is 41.6 Å². The molecule has 0 heterocycles. The Labute approximate surface area is 130 Å². The van der Waals surface area contributed by atoms with E-state index < -0.39 is 5.60 Å². The molecule has 1 saturated carbocycles. The number of carbonyl (C=O) groups excluding carboxylic acids is 1. The minimum atomic E-state index is -0.419. The van der Waals surface area contributed by atoms with E-state index in [2.05, 4.69) is 19.2 Å². The van der Waals surface area contributed by atoms with Crippen LogP contribution in [0.5, 0.6) is 0 Å². The number of carbonyl (C=O) groups is 1. The molecule has 0 spiro atoms. The maximum absolute atomic E-state index is 11.8. The number of nitrogens with zero attached hydrogens (tertiary/aromatic N) is 1. The van der Waals surface area contributed by atoms with E-state index in [1.54, 1.807) is 11.9 Å². The zero-order valence-electron chi connectivity index (χ0n) is 14.7. The SMILES string of the molecule is CC1CCC(NCCCN(C)C(=O)OC(C)(C)C)C(C)C1. The molecule has 3 atom stereocenters. The second-order valence-electron chi connectivity index (χ2n) is 7.71. The van der Waals surface area contributed by atoms with Crippen LogP contribution < -0.4 is 5.32 Å². The van der Waals surface area contributed by atoms with Gasteiger partial charge in [0.2, 0.25) is 0 Å². The van der Waals surface area contributed by atoms with E-state index >= 15 is 0 Å². The number of nitrogens with one attached hydrogen (secondary N) is 1. The minimum Gasteiger partial charge on any atom is -0.444 e. The monoisotopic (exact) mass is 298 g/mol. The van der Waals surface area contributed by atoms with E-state index in [-0.39, 0.29) is 6.09 Å². The molecule has 0 aliphatic heterocycles. The quantitative estimate of drug-likeness (QED) is 0.788. The standard InChI is InChI=1S/C17H34N2O2/c1-13-8-9-15(14(2)12-13)18-10-7-11-19(6)16(20)21-17(3,4)5/h13-15,18H,7-12H2,1-6H3. The molecule has 1 rings (SSSR count). The van der Waals surface area contributed by atoms with Crippen molar-refractivity contribution in [3.63, 3.8) is 0 Å². The van der Waals surface area contributed by atoms with Crippen molar-refractivity contribution in [2.45, 2.75) is 71.9 Å². The summed E-state index contributed by atoms with van der Waals surface area (Å²) in [5, 5.41) is 3.66. The van der Waals surface area contributed by atoms with Crippen LogP contribution in [-0.2, 0) is 4.74 Å². The third kappa shape index (κ3) is 7.16. The lowest BCUT2D eigenvalue weighted by Gasteiger charge is -2.33. The molecule has 124 valence electrons. The Balaban J connectivity index is 2.17. The van der Waals surface area contributed by atoms with Crippen LogP contribution >= 0.6 is 0 Å². The lowest BCUT2D eigenvalue weighted by Crippen LogP contribution is -2.40. The van der Waals surface area contributed by atoms with Crippen LogP contribution in [-0.4, -0.2) is 42.8 Å². The van der Waals surface area contributed by atoms with Crippen LogP contribution in [0.25, 0.3) is 0 Å². The average Bonchev–Trinajstić information content (AvgIpc) is 2.34. The molecule has 0 radical (unpaired) electrons. The highest BCUT2D eigenvalue weighted by Crippen LogP contribution is 2.28. The Morgan fingerprint density at radius 2 is 1.95 bits per heavy atom. The maximum atomic E-state index is 11.8. The van der Waals surface area contributed by atoms with Crippen LogP contribution in [0.4, 0.5) is 4.79 Å². The van der Waals surface area contributed by atoms with Gasteiger partial charge < -0.3 is 15.0 Å². The van der Waals surface area contributed by atoms with Crippen LogP contribution in [0, 0.1) is 11.8 Å². The lowest BCUT2D eigenvalue weighted by molar-refractivity contribution is 0.0296. The summed E-state index contributed by atoms with van der Waals surface area (Å²) < 4.78 is 5.34. The first-order chi connectivity index (χ1) is 9.69. The molecule has 0 saturated heterocycles. The van der Waals surface area contributed by atoms with Crippen molar-refractivity contribution in [3.8, 4) is 0 Å². The van der Waals surface area contributed by atoms with Gasteiger partial charge in [0.05, 0.1) is 0 Å². The maximum Gasteiger partial charge on any atom is 0.410 e. The predicted octanol–water partition coefficient (Wildman–Crippen LogP) is 3.66. The van der Waals surface area contributed by atoms with Crippen molar-refractivity contribution in [2.75, 3.05) is 20.1 Å². The minimum absolute atomic E-state index is 0.234. The zero-order chi connectivity index (χ0) is 16.0. The lowest BCUT2D eigenvalue weighted by atomic mass is 9.80. The first kappa shape index (κ1) is 18.3. The summed E-state index contributed by atoms with van der Waals surface area (Å²) in [6.45, 7) is 12.1. The summed E-state index contributed by atoms with van der Waals surface area (Å²) in [6, 6.07) is 0.646. The highest BCUT2D eigenvalue weighted by atomic mass is 16.6. The molecule has 4 nitrogen and oxygen atoms in total. The smallest absolute Gasteiger partial charge is 0.410 e. The fraction of sp³-hybridized carbons (Fsp3) is 0.941. The molecule has 1 N–H and O–H groups in total. The number of amides is 1. The third-order valence-corrected chi connectivity index (χ3v) is 4.21. The zero-order valence-corrected chi connectivity index (χ0v) is 14.7. The third-order valence-electron chi connectivity index (χ3n) is 4.21. The Hall–Kier alpha value is -0.770. The van der Waals surface area contributed by atoms with E-state index in [1.165, 1.54) is 19.3 Å². The number of ether oxygens (including phenoxy) is 1. The molecule has 0 bridgehead atoms. The van der Waals surface area contributed by atoms with Crippen molar-refractivity contribution < 1.29 is 9.53 Å². The summed E-state index contributed by atoms with van der Waals surface area (Å²) in [7, 11) is 1.80. The summed E-state index contributed by atoms with van der Waals surface area (Å²) in [5.41, 5.74) is -0.419. The van der Waals surface area contributed by atoms with E-state index in [0.29, 0.717) is 6.04 Å². The highest BCUT2D eigenvalue weighted by molar-refractivity contribution is 5.67. The molecule has 21 heavy (non-hydrogen) atoms. The van der Waals surface area contributed by atoms with E-state index in [0.717, 1.165) is 31.3 Å². The summed E-state index contributed by atoms with van der Waals surface area (Å²) in [5.74, 6) is 1.63. The van der Waals surface area contributed by atoms with E-state index in [1.807, 2.05) is 20.8 Å². The van der Waals surface area contributed by atoms with Crippen LogP contribution in [0.2, 0.25) is 0 Å². The Bertz CT molecular complexity index is 325. The van der Waals surface area contributed by atoms with Gasteiger partial charge in [0.1, 0.15) is 5.60 Å². The largest absolute Gasteiger partial charge is 0.444 e. The van der Waals surface area contributed by atoms with Gasteiger partial charge in [-0.15, -0.1) is 0 Å². The van der Waals surface area contributed by atoms with Crippen molar-refractivity contribution in [3.05, 3.63) is 0 Å². The molecule has 1 fully saturated rings. The van der Waals surface area contributed by atoms with Gasteiger partial charge in [-0.05, 0) is 64.8 Å². The van der Waals surface area contributed by atoms with Crippen molar-refractivity contribution in [1.29, 1.82) is 0 Å². The van der Waals surface area contributed by atoms with Gasteiger partial charge >= 0.3 is 6.09 Å². The molecular weight excluding hydrogens is 264 g/mol. The van der Waals surface area contributed by atoms with E-state index in [9.17, 15) is 4.79 Å². The van der Waals surface area contributed by atoms with Crippen LogP contribution in [0.15, 0.2) is 0 Å². The van der Waals surface area contributed by atoms with Gasteiger partial charge in [0, 0.05) is 19.6 Å². The van der Waals surface area contributed by atoms with E-state index in [4.69, 9.17) is 4.74 Å². The fourth-order valence-corrected chi connectivity index (χ4v) is 3.00. The predicted molar refractivity (Wildman–Crippen MR) is 87.5 cm³/mol. The first-order valence-corrected chi connectivity index (χ1v) is 8.36. The van der Waals surface area contributed by atoms with Gasteiger partial charge in [0.25, 0.3) is 0 Å². The molecule has 3 unspecified atom stereocenters. The Morgan fingerprint density at radius 3 is 2.52 bits per heavy atom. The number of hydrogen-bond acceptors (Lipinski definition) is 3. The number of hydrogen-bond donors (Lipinski definition) is 1.